The van der Waals surface area contributed by atoms with Crippen LogP contribution < -0.4 is 5.56 Å². The third-order valence-electron chi connectivity index (χ3n) is 3.07. The monoisotopic (exact) mass is 306 g/mol. The van der Waals surface area contributed by atoms with Crippen LogP contribution in [0.5, 0.6) is 0 Å². The van der Waals surface area contributed by atoms with Crippen LogP contribution in [0.4, 0.5) is 4.39 Å². The molecule has 0 aliphatic heterocycles. The molecule has 0 aliphatic carbocycles. The third-order valence-corrected chi connectivity index (χ3v) is 4.20. The summed E-state index contributed by atoms with van der Waals surface area (Å²) in [7, 11) is 0. The molecule has 1 heterocycles. The number of rotatable bonds is 5. The van der Waals surface area contributed by atoms with Crippen molar-refractivity contribution in [3.63, 3.8) is 0 Å². The van der Waals surface area contributed by atoms with Crippen LogP contribution in [0.2, 0.25) is 0 Å². The van der Waals surface area contributed by atoms with E-state index in [0.29, 0.717) is 17.5 Å². The standard InChI is InChI=1S/C16H19FN2OS/c1-11(2)10-19-9-8-18-15(16(19)20)21-12(3)13-4-6-14(17)7-5-13/h4-9,11-12H,10H2,1-3H3/t12-/m0/s1. The molecule has 0 spiro atoms. The Kier molecular flexibility index (Phi) is 5.17. The summed E-state index contributed by atoms with van der Waals surface area (Å²) in [6.07, 6.45) is 3.37. The third kappa shape index (κ3) is 4.17. The lowest BCUT2D eigenvalue weighted by atomic mass is 10.2. The van der Waals surface area contributed by atoms with Crippen molar-refractivity contribution < 1.29 is 4.39 Å². The first kappa shape index (κ1) is 15.8. The molecule has 21 heavy (non-hydrogen) atoms. The predicted molar refractivity (Wildman–Crippen MR) is 84.0 cm³/mol. The zero-order valence-electron chi connectivity index (χ0n) is 12.4. The highest BCUT2D eigenvalue weighted by molar-refractivity contribution is 7.99. The fraction of sp³-hybridized carbons (Fsp3) is 0.375. The molecule has 0 aliphatic rings. The first-order valence-electron chi connectivity index (χ1n) is 6.95. The second kappa shape index (κ2) is 6.89. The van der Waals surface area contributed by atoms with E-state index in [1.54, 1.807) is 29.1 Å². The second-order valence-electron chi connectivity index (χ2n) is 5.40. The number of nitrogens with zero attached hydrogens (tertiary/aromatic N) is 2. The Balaban J connectivity index is 2.19. The molecule has 1 aromatic heterocycles. The number of hydrogen-bond donors (Lipinski definition) is 0. The number of hydrogen-bond acceptors (Lipinski definition) is 3. The summed E-state index contributed by atoms with van der Waals surface area (Å²) in [5, 5.41) is 0.524. The minimum atomic E-state index is -0.256. The van der Waals surface area contributed by atoms with Crippen LogP contribution in [-0.4, -0.2) is 9.55 Å². The van der Waals surface area contributed by atoms with Crippen LogP contribution in [-0.2, 0) is 6.54 Å². The van der Waals surface area contributed by atoms with Gasteiger partial charge in [-0.3, -0.25) is 4.79 Å². The van der Waals surface area contributed by atoms with Gasteiger partial charge in [-0.15, -0.1) is 0 Å². The highest BCUT2D eigenvalue weighted by atomic mass is 32.2. The Morgan fingerprint density at radius 1 is 1.24 bits per heavy atom. The average Bonchev–Trinajstić information content (AvgIpc) is 2.43. The van der Waals surface area contributed by atoms with Crippen LogP contribution in [0, 0.1) is 11.7 Å². The minimum Gasteiger partial charge on any atom is -0.311 e. The largest absolute Gasteiger partial charge is 0.311 e. The molecule has 0 fully saturated rings. The van der Waals surface area contributed by atoms with Gasteiger partial charge in [-0.2, -0.15) is 0 Å². The highest BCUT2D eigenvalue weighted by Gasteiger charge is 2.13. The van der Waals surface area contributed by atoms with Crippen molar-refractivity contribution >= 4 is 11.8 Å². The minimum absolute atomic E-state index is 0.0423. The summed E-state index contributed by atoms with van der Waals surface area (Å²) < 4.78 is 14.6. The SMILES string of the molecule is CC(C)Cn1ccnc(S[C@@H](C)c2ccc(F)cc2)c1=O. The summed E-state index contributed by atoms with van der Waals surface area (Å²) in [6.45, 7) is 6.81. The van der Waals surface area contributed by atoms with E-state index in [1.165, 1.54) is 23.9 Å². The molecule has 0 unspecified atom stereocenters. The molecule has 0 saturated carbocycles. The molecule has 112 valence electrons. The molecule has 0 amide bonds. The summed E-state index contributed by atoms with van der Waals surface area (Å²) in [4.78, 5) is 16.5. The van der Waals surface area contributed by atoms with E-state index in [-0.39, 0.29) is 16.6 Å². The van der Waals surface area contributed by atoms with E-state index in [1.807, 2.05) is 6.92 Å². The van der Waals surface area contributed by atoms with Gasteiger partial charge < -0.3 is 4.57 Å². The molecule has 0 N–H and O–H groups in total. The van der Waals surface area contributed by atoms with E-state index in [0.717, 1.165) is 5.56 Å². The van der Waals surface area contributed by atoms with Gasteiger partial charge in [-0.1, -0.05) is 37.7 Å². The Labute approximate surface area is 128 Å². The zero-order chi connectivity index (χ0) is 15.4. The van der Waals surface area contributed by atoms with Crippen LogP contribution in [0.15, 0.2) is 46.5 Å². The Hall–Kier alpha value is -1.62. The maximum absolute atomic E-state index is 12.9. The highest BCUT2D eigenvalue weighted by Crippen LogP contribution is 2.31. The Morgan fingerprint density at radius 2 is 1.90 bits per heavy atom. The van der Waals surface area contributed by atoms with Gasteiger partial charge in [0, 0.05) is 24.2 Å². The summed E-state index contributed by atoms with van der Waals surface area (Å²) >= 11 is 1.40. The zero-order valence-corrected chi connectivity index (χ0v) is 13.2. The molecule has 1 atom stereocenters. The van der Waals surface area contributed by atoms with Crippen LogP contribution >= 0.6 is 11.8 Å². The molecular weight excluding hydrogens is 287 g/mol. The summed E-state index contributed by atoms with van der Waals surface area (Å²) in [5.74, 6) is 0.144. The smallest absolute Gasteiger partial charge is 0.283 e. The maximum Gasteiger partial charge on any atom is 0.283 e. The number of aromatic nitrogens is 2. The van der Waals surface area contributed by atoms with Crippen molar-refractivity contribution in [3.05, 3.63) is 58.4 Å². The van der Waals surface area contributed by atoms with Gasteiger partial charge in [0.2, 0.25) is 0 Å². The van der Waals surface area contributed by atoms with Gasteiger partial charge in [0.1, 0.15) is 5.82 Å². The number of benzene rings is 1. The van der Waals surface area contributed by atoms with Crippen LogP contribution in [0.3, 0.4) is 0 Å². The van der Waals surface area contributed by atoms with Gasteiger partial charge in [0.25, 0.3) is 5.56 Å². The van der Waals surface area contributed by atoms with Gasteiger partial charge in [-0.25, -0.2) is 9.37 Å². The quantitative estimate of drug-likeness (QED) is 0.786. The van der Waals surface area contributed by atoms with Crippen molar-refractivity contribution in [1.29, 1.82) is 0 Å². The van der Waals surface area contributed by atoms with E-state index in [2.05, 4.69) is 18.8 Å². The van der Waals surface area contributed by atoms with Crippen molar-refractivity contribution in [3.8, 4) is 0 Å². The second-order valence-corrected chi connectivity index (χ2v) is 6.72. The van der Waals surface area contributed by atoms with Crippen LogP contribution in [0.25, 0.3) is 0 Å². The lowest BCUT2D eigenvalue weighted by Gasteiger charge is -2.13. The molecule has 2 aromatic rings. The molecule has 0 saturated heterocycles. The van der Waals surface area contributed by atoms with Gasteiger partial charge in [-0.05, 0) is 30.5 Å². The average molecular weight is 306 g/mol. The Bertz CT molecular complexity index is 652. The molecular formula is C16H19FN2OS. The van der Waals surface area contributed by atoms with Crippen molar-refractivity contribution in [2.75, 3.05) is 0 Å². The first-order chi connectivity index (χ1) is 9.97. The molecule has 3 nitrogen and oxygen atoms in total. The fourth-order valence-electron chi connectivity index (χ4n) is 2.01. The van der Waals surface area contributed by atoms with Gasteiger partial charge in [0.05, 0.1) is 0 Å². The van der Waals surface area contributed by atoms with E-state index < -0.39 is 0 Å². The van der Waals surface area contributed by atoms with Crippen molar-refractivity contribution in [2.24, 2.45) is 5.92 Å². The Morgan fingerprint density at radius 3 is 2.52 bits per heavy atom. The summed E-state index contributed by atoms with van der Waals surface area (Å²) in [6, 6.07) is 6.34. The topological polar surface area (TPSA) is 34.9 Å². The molecule has 0 radical (unpaired) electrons. The molecule has 2 rings (SSSR count). The van der Waals surface area contributed by atoms with Gasteiger partial charge in [0.15, 0.2) is 5.03 Å². The molecule has 0 bridgehead atoms. The first-order valence-corrected chi connectivity index (χ1v) is 7.83. The van der Waals surface area contributed by atoms with Gasteiger partial charge >= 0.3 is 0 Å². The van der Waals surface area contributed by atoms with Crippen molar-refractivity contribution in [1.82, 2.24) is 9.55 Å². The van der Waals surface area contributed by atoms with E-state index >= 15 is 0 Å². The summed E-state index contributed by atoms with van der Waals surface area (Å²) in [5.41, 5.74) is 0.909. The number of halogens is 1. The van der Waals surface area contributed by atoms with E-state index in [4.69, 9.17) is 0 Å². The fourth-order valence-corrected chi connectivity index (χ4v) is 2.98. The molecule has 1 aromatic carbocycles. The maximum atomic E-state index is 12.9. The van der Waals surface area contributed by atoms with Crippen LogP contribution in [0.1, 0.15) is 31.6 Å². The van der Waals surface area contributed by atoms with Crippen molar-refractivity contribution in [2.45, 2.75) is 37.6 Å². The lowest BCUT2D eigenvalue weighted by Crippen LogP contribution is -2.24. The predicted octanol–water partition coefficient (Wildman–Crippen LogP) is 3.89. The molecule has 5 heteroatoms. The normalized spacial score (nSPS) is 12.6. The van der Waals surface area contributed by atoms with E-state index in [9.17, 15) is 9.18 Å². The number of thioether (sulfide) groups is 1. The lowest BCUT2D eigenvalue weighted by molar-refractivity contribution is 0.502.